The number of hydrogen-bond acceptors (Lipinski definition) is 5. The van der Waals surface area contributed by atoms with Crippen LogP contribution in [0.25, 0.3) is 11.0 Å². The molecule has 1 saturated heterocycles. The molecule has 0 aromatic carbocycles. The summed E-state index contributed by atoms with van der Waals surface area (Å²) < 4.78 is 24.8. The number of amides is 1. The highest BCUT2D eigenvalue weighted by Gasteiger charge is 2.29. The Kier molecular flexibility index (Phi) is 3.87. The van der Waals surface area contributed by atoms with Crippen LogP contribution in [0.1, 0.15) is 42.4 Å². The van der Waals surface area contributed by atoms with E-state index in [1.807, 2.05) is 20.8 Å². The summed E-state index contributed by atoms with van der Waals surface area (Å²) in [4.78, 5) is 17.1. The molecule has 7 nitrogen and oxygen atoms in total. The van der Waals surface area contributed by atoms with Gasteiger partial charge in [-0.3, -0.25) is 4.79 Å². The lowest BCUT2D eigenvalue weighted by Gasteiger charge is -2.12. The Labute approximate surface area is 135 Å². The van der Waals surface area contributed by atoms with E-state index < -0.39 is 9.84 Å². The van der Waals surface area contributed by atoms with Crippen molar-refractivity contribution in [3.8, 4) is 0 Å². The summed E-state index contributed by atoms with van der Waals surface area (Å²) in [6.45, 7) is 5.83. The van der Waals surface area contributed by atoms with E-state index in [0.29, 0.717) is 23.0 Å². The van der Waals surface area contributed by atoms with Crippen molar-refractivity contribution in [2.75, 3.05) is 11.5 Å². The van der Waals surface area contributed by atoms with E-state index in [4.69, 9.17) is 0 Å². The number of rotatable bonds is 3. The van der Waals surface area contributed by atoms with Crippen molar-refractivity contribution in [1.82, 2.24) is 20.1 Å². The van der Waals surface area contributed by atoms with Gasteiger partial charge in [0.2, 0.25) is 0 Å². The largest absolute Gasteiger partial charge is 0.348 e. The van der Waals surface area contributed by atoms with Crippen molar-refractivity contribution in [2.24, 2.45) is 0 Å². The molecule has 1 N–H and O–H groups in total. The Bertz CT molecular complexity index is 870. The van der Waals surface area contributed by atoms with Crippen LogP contribution in [-0.2, 0) is 9.84 Å². The number of nitrogens with one attached hydrogen (secondary N) is 1. The highest BCUT2D eigenvalue weighted by Crippen LogP contribution is 2.21. The Morgan fingerprint density at radius 3 is 2.78 bits per heavy atom. The van der Waals surface area contributed by atoms with Crippen LogP contribution >= 0.6 is 0 Å². The molecule has 124 valence electrons. The van der Waals surface area contributed by atoms with Crippen molar-refractivity contribution >= 4 is 26.8 Å². The molecule has 2 aromatic rings. The van der Waals surface area contributed by atoms with Gasteiger partial charge in [-0.05, 0) is 33.3 Å². The van der Waals surface area contributed by atoms with Gasteiger partial charge in [0, 0.05) is 17.8 Å². The summed E-state index contributed by atoms with van der Waals surface area (Å²) in [6, 6.07) is 1.53. The maximum Gasteiger partial charge on any atom is 0.252 e. The summed E-state index contributed by atoms with van der Waals surface area (Å²) in [5.74, 6) is -0.128. The number of fused-ring (bicyclic) bond motifs is 1. The second-order valence-corrected chi connectivity index (χ2v) is 8.53. The van der Waals surface area contributed by atoms with Crippen LogP contribution in [0.15, 0.2) is 12.3 Å². The third kappa shape index (κ3) is 3.08. The number of aryl methyl sites for hydroxylation is 1. The van der Waals surface area contributed by atoms with Gasteiger partial charge in [-0.1, -0.05) is 0 Å². The Morgan fingerprint density at radius 2 is 2.17 bits per heavy atom. The lowest BCUT2D eigenvalue weighted by molar-refractivity contribution is 0.0942. The van der Waals surface area contributed by atoms with Crippen LogP contribution in [-0.4, -0.2) is 46.6 Å². The van der Waals surface area contributed by atoms with Crippen LogP contribution in [0, 0.1) is 6.92 Å². The first-order chi connectivity index (χ1) is 10.8. The minimum atomic E-state index is -3.02. The minimum Gasteiger partial charge on any atom is -0.348 e. The zero-order valence-corrected chi connectivity index (χ0v) is 14.2. The zero-order chi connectivity index (χ0) is 16.8. The molecule has 0 radical (unpaired) electrons. The van der Waals surface area contributed by atoms with Gasteiger partial charge < -0.3 is 5.32 Å². The van der Waals surface area contributed by atoms with Gasteiger partial charge in [-0.25, -0.2) is 18.1 Å². The lowest BCUT2D eigenvalue weighted by Crippen LogP contribution is -2.35. The van der Waals surface area contributed by atoms with Crippen molar-refractivity contribution in [1.29, 1.82) is 0 Å². The monoisotopic (exact) mass is 336 g/mol. The van der Waals surface area contributed by atoms with E-state index in [-0.39, 0.29) is 29.5 Å². The van der Waals surface area contributed by atoms with Gasteiger partial charge in [0.1, 0.15) is 0 Å². The number of pyridine rings is 1. The highest BCUT2D eigenvalue weighted by molar-refractivity contribution is 7.91. The second-order valence-electron chi connectivity index (χ2n) is 6.30. The lowest BCUT2D eigenvalue weighted by atomic mass is 10.1. The van der Waals surface area contributed by atoms with Crippen LogP contribution in [0.3, 0.4) is 0 Å². The molecule has 23 heavy (non-hydrogen) atoms. The smallest absolute Gasteiger partial charge is 0.252 e. The molecular weight excluding hydrogens is 316 g/mol. The van der Waals surface area contributed by atoms with E-state index in [2.05, 4.69) is 15.4 Å². The maximum absolute atomic E-state index is 12.6. The molecule has 3 heterocycles. The fourth-order valence-electron chi connectivity index (χ4n) is 2.88. The molecular formula is C15H20N4O3S. The Morgan fingerprint density at radius 1 is 1.43 bits per heavy atom. The van der Waals surface area contributed by atoms with Gasteiger partial charge in [0.05, 0.1) is 28.7 Å². The van der Waals surface area contributed by atoms with Crippen LogP contribution in [0.4, 0.5) is 0 Å². The van der Waals surface area contributed by atoms with Crippen molar-refractivity contribution in [2.45, 2.75) is 39.3 Å². The first-order valence-corrected chi connectivity index (χ1v) is 9.45. The third-order valence-electron chi connectivity index (χ3n) is 4.00. The average Bonchev–Trinajstić information content (AvgIpc) is 3.00. The molecule has 1 atom stereocenters. The van der Waals surface area contributed by atoms with E-state index >= 15 is 0 Å². The first kappa shape index (κ1) is 15.9. The quantitative estimate of drug-likeness (QED) is 0.910. The fraction of sp³-hybridized carbons (Fsp3) is 0.533. The first-order valence-electron chi connectivity index (χ1n) is 7.63. The van der Waals surface area contributed by atoms with Gasteiger partial charge in [0.25, 0.3) is 5.91 Å². The number of hydrogen-bond donors (Lipinski definition) is 1. The topological polar surface area (TPSA) is 94.0 Å². The predicted molar refractivity (Wildman–Crippen MR) is 87.2 cm³/mol. The molecule has 0 aliphatic carbocycles. The average molecular weight is 336 g/mol. The van der Waals surface area contributed by atoms with Gasteiger partial charge in [-0.2, -0.15) is 5.10 Å². The number of sulfone groups is 1. The second kappa shape index (κ2) is 5.59. The Hall–Kier alpha value is -1.96. The molecule has 3 rings (SSSR count). The van der Waals surface area contributed by atoms with Crippen LogP contribution < -0.4 is 5.32 Å². The maximum atomic E-state index is 12.6. The van der Waals surface area contributed by atoms with E-state index in [1.165, 1.54) is 0 Å². The molecule has 1 aliphatic rings. The molecule has 2 aromatic heterocycles. The summed E-state index contributed by atoms with van der Waals surface area (Å²) in [7, 11) is -3.02. The van der Waals surface area contributed by atoms with Gasteiger partial charge in [0.15, 0.2) is 15.5 Å². The van der Waals surface area contributed by atoms with E-state index in [1.54, 1.807) is 16.9 Å². The highest BCUT2D eigenvalue weighted by atomic mass is 32.2. The van der Waals surface area contributed by atoms with Gasteiger partial charge in [-0.15, -0.1) is 0 Å². The van der Waals surface area contributed by atoms with Crippen molar-refractivity contribution in [3.05, 3.63) is 23.5 Å². The molecule has 0 spiro atoms. The third-order valence-corrected chi connectivity index (χ3v) is 5.76. The van der Waals surface area contributed by atoms with Gasteiger partial charge >= 0.3 is 0 Å². The van der Waals surface area contributed by atoms with E-state index in [0.717, 1.165) is 5.69 Å². The fourth-order valence-corrected chi connectivity index (χ4v) is 4.55. The van der Waals surface area contributed by atoms with E-state index in [9.17, 15) is 13.2 Å². The molecule has 0 unspecified atom stereocenters. The minimum absolute atomic E-state index is 0.0111. The summed E-state index contributed by atoms with van der Waals surface area (Å²) in [5, 5.41) is 7.82. The molecule has 8 heteroatoms. The molecule has 0 bridgehead atoms. The standard InChI is InChI=1S/C15H20N4O3S/c1-9(2)19-14-13(7-16-19)12(6-10(3)17-14)15(20)18-11-4-5-23(21,22)8-11/h6-7,9,11H,4-5,8H2,1-3H3,(H,18,20)/t11-/m0/s1. The van der Waals surface area contributed by atoms with Crippen molar-refractivity contribution < 1.29 is 13.2 Å². The molecule has 0 saturated carbocycles. The normalized spacial score (nSPS) is 20.3. The number of nitrogens with zero attached hydrogens (tertiary/aromatic N) is 3. The summed E-state index contributed by atoms with van der Waals surface area (Å²) in [5.41, 5.74) is 1.89. The summed E-state index contributed by atoms with van der Waals surface area (Å²) in [6.07, 6.45) is 2.11. The van der Waals surface area contributed by atoms with Crippen molar-refractivity contribution in [3.63, 3.8) is 0 Å². The SMILES string of the molecule is Cc1cc(C(=O)N[C@H]2CCS(=O)(=O)C2)c2cnn(C(C)C)c2n1. The zero-order valence-electron chi connectivity index (χ0n) is 13.4. The van der Waals surface area contributed by atoms with Crippen LogP contribution in [0.2, 0.25) is 0 Å². The van der Waals surface area contributed by atoms with Crippen LogP contribution in [0.5, 0.6) is 0 Å². The molecule has 1 fully saturated rings. The molecule has 1 aliphatic heterocycles. The number of carbonyl (C=O) groups is 1. The molecule has 1 amide bonds. The number of aromatic nitrogens is 3. The Balaban J connectivity index is 1.94. The predicted octanol–water partition coefficient (Wildman–Crippen LogP) is 1.24. The number of carbonyl (C=O) groups excluding carboxylic acids is 1. The summed E-state index contributed by atoms with van der Waals surface area (Å²) >= 11 is 0.